The van der Waals surface area contributed by atoms with Crippen molar-refractivity contribution in [2.75, 3.05) is 18.0 Å². The lowest BCUT2D eigenvalue weighted by Gasteiger charge is -2.34. The summed E-state index contributed by atoms with van der Waals surface area (Å²) < 4.78 is 34.4. The first-order valence-corrected chi connectivity index (χ1v) is 17.0. The summed E-state index contributed by atoms with van der Waals surface area (Å²) in [6.45, 7) is 3.25. The van der Waals surface area contributed by atoms with E-state index in [4.69, 9.17) is 27.9 Å². The van der Waals surface area contributed by atoms with Crippen LogP contribution in [0.15, 0.2) is 71.6 Å². The number of amides is 2. The molecule has 3 aromatic carbocycles. The Balaban J connectivity index is 1.71. The number of ether oxygens (including phenoxy) is 1. The Labute approximate surface area is 270 Å². The van der Waals surface area contributed by atoms with Gasteiger partial charge in [-0.2, -0.15) is 0 Å². The molecule has 1 saturated carbocycles. The number of sulfonamides is 1. The van der Waals surface area contributed by atoms with E-state index in [2.05, 4.69) is 5.32 Å². The summed E-state index contributed by atoms with van der Waals surface area (Å²) in [4.78, 5) is 29.4. The predicted molar refractivity (Wildman–Crippen MR) is 175 cm³/mol. The highest BCUT2D eigenvalue weighted by Gasteiger charge is 2.34. The van der Waals surface area contributed by atoms with Crippen molar-refractivity contribution in [1.29, 1.82) is 0 Å². The average molecular weight is 661 g/mol. The third-order valence-corrected chi connectivity index (χ3v) is 10.4. The molecule has 0 aromatic heterocycles. The van der Waals surface area contributed by atoms with E-state index in [0.717, 1.165) is 42.0 Å². The lowest BCUT2D eigenvalue weighted by molar-refractivity contribution is -0.140. The number of carbonyl (C=O) groups is 2. The predicted octanol–water partition coefficient (Wildman–Crippen LogP) is 6.76. The number of nitrogens with one attached hydrogen (secondary N) is 1. The number of rotatable bonds is 12. The molecular formula is C33H39Cl2N3O5S. The Morgan fingerprint density at radius 3 is 2.20 bits per heavy atom. The van der Waals surface area contributed by atoms with E-state index in [1.807, 2.05) is 13.8 Å². The lowest BCUT2D eigenvalue weighted by Crippen LogP contribution is -2.54. The van der Waals surface area contributed by atoms with Gasteiger partial charge in [-0.15, -0.1) is 0 Å². The SMILES string of the molecule is CC[C@@H](C(=O)NC1CCCCC1)N(Cc1ccc(Cl)c(Cl)c1)C(=O)CN(c1ccc(C)cc1)S(=O)(=O)c1ccc(OC)cc1. The van der Waals surface area contributed by atoms with Crippen LogP contribution in [0.5, 0.6) is 5.75 Å². The van der Waals surface area contributed by atoms with Crippen LogP contribution in [-0.2, 0) is 26.2 Å². The molecule has 1 fully saturated rings. The largest absolute Gasteiger partial charge is 0.497 e. The summed E-state index contributed by atoms with van der Waals surface area (Å²) in [6.07, 6.45) is 5.35. The van der Waals surface area contributed by atoms with Gasteiger partial charge >= 0.3 is 0 Å². The quantitative estimate of drug-likeness (QED) is 0.232. The molecule has 1 atom stereocenters. The first-order valence-electron chi connectivity index (χ1n) is 14.8. The number of halogens is 2. The van der Waals surface area contributed by atoms with Gasteiger partial charge < -0.3 is 15.0 Å². The van der Waals surface area contributed by atoms with Crippen LogP contribution in [0.1, 0.15) is 56.6 Å². The number of aryl methyl sites for hydroxylation is 1. The first kappa shape index (κ1) is 33.6. The molecule has 44 heavy (non-hydrogen) atoms. The summed E-state index contributed by atoms with van der Waals surface area (Å²) in [5.74, 6) is -0.281. The highest BCUT2D eigenvalue weighted by atomic mass is 35.5. The monoisotopic (exact) mass is 659 g/mol. The molecule has 0 bridgehead atoms. The van der Waals surface area contributed by atoms with Gasteiger partial charge in [0.05, 0.1) is 27.7 Å². The second-order valence-corrected chi connectivity index (χ2v) is 13.7. The summed E-state index contributed by atoms with van der Waals surface area (Å²) in [6, 6.07) is 17.2. The number of methoxy groups -OCH3 is 1. The third kappa shape index (κ3) is 8.25. The van der Waals surface area contributed by atoms with Gasteiger partial charge in [-0.25, -0.2) is 8.42 Å². The molecule has 1 aliphatic rings. The smallest absolute Gasteiger partial charge is 0.264 e. The minimum atomic E-state index is -4.19. The van der Waals surface area contributed by atoms with Crippen LogP contribution in [-0.4, -0.2) is 50.9 Å². The van der Waals surface area contributed by atoms with Crippen molar-refractivity contribution in [1.82, 2.24) is 10.2 Å². The molecule has 0 heterocycles. The summed E-state index contributed by atoms with van der Waals surface area (Å²) in [5.41, 5.74) is 1.93. The van der Waals surface area contributed by atoms with E-state index in [0.29, 0.717) is 33.5 Å². The lowest BCUT2D eigenvalue weighted by atomic mass is 9.95. The molecule has 0 aliphatic heterocycles. The van der Waals surface area contributed by atoms with Crippen molar-refractivity contribution < 1.29 is 22.7 Å². The van der Waals surface area contributed by atoms with Crippen molar-refractivity contribution in [2.24, 2.45) is 0 Å². The van der Waals surface area contributed by atoms with Gasteiger partial charge in [0.1, 0.15) is 18.3 Å². The fraction of sp³-hybridized carbons (Fsp3) is 0.394. The zero-order valence-electron chi connectivity index (χ0n) is 25.3. The van der Waals surface area contributed by atoms with E-state index in [1.165, 1.54) is 24.1 Å². The van der Waals surface area contributed by atoms with E-state index >= 15 is 0 Å². The van der Waals surface area contributed by atoms with Crippen LogP contribution in [0.3, 0.4) is 0 Å². The van der Waals surface area contributed by atoms with Crippen LogP contribution in [0.25, 0.3) is 0 Å². The molecule has 11 heteroatoms. The Hall–Kier alpha value is -3.27. The minimum absolute atomic E-state index is 0.00444. The number of hydrogen-bond acceptors (Lipinski definition) is 5. The standard InChI is InChI=1S/C33H39Cl2N3O5S/c1-4-31(33(40)36-25-8-6-5-7-9-25)37(21-24-12-19-29(34)30(35)20-24)32(39)22-38(26-13-10-23(2)11-14-26)44(41,42)28-17-15-27(43-3)16-18-28/h10-20,25,31H,4-9,21-22H2,1-3H3,(H,36,40)/t31-/m0/s1. The summed E-state index contributed by atoms with van der Waals surface area (Å²) in [7, 11) is -2.69. The maximum atomic E-state index is 14.3. The van der Waals surface area contributed by atoms with Crippen molar-refractivity contribution in [3.05, 3.63) is 87.9 Å². The molecule has 3 aromatic rings. The van der Waals surface area contributed by atoms with E-state index in [-0.39, 0.29) is 23.4 Å². The van der Waals surface area contributed by atoms with Gasteiger partial charge in [0, 0.05) is 12.6 Å². The van der Waals surface area contributed by atoms with Crippen molar-refractivity contribution in [3.8, 4) is 5.75 Å². The summed E-state index contributed by atoms with van der Waals surface area (Å²) in [5, 5.41) is 3.83. The molecule has 1 N–H and O–H groups in total. The van der Waals surface area contributed by atoms with Gasteiger partial charge in [-0.3, -0.25) is 13.9 Å². The highest BCUT2D eigenvalue weighted by Crippen LogP contribution is 2.28. The number of nitrogens with zero attached hydrogens (tertiary/aromatic N) is 2. The normalized spacial score (nSPS) is 14.5. The maximum Gasteiger partial charge on any atom is 0.264 e. The highest BCUT2D eigenvalue weighted by molar-refractivity contribution is 7.92. The van der Waals surface area contributed by atoms with Crippen LogP contribution in [0.4, 0.5) is 5.69 Å². The van der Waals surface area contributed by atoms with Crippen LogP contribution < -0.4 is 14.4 Å². The van der Waals surface area contributed by atoms with Gasteiger partial charge in [-0.1, -0.05) is 73.2 Å². The molecule has 1 aliphatic carbocycles. The second-order valence-electron chi connectivity index (χ2n) is 11.1. The second kappa shape index (κ2) is 15.1. The molecule has 8 nitrogen and oxygen atoms in total. The van der Waals surface area contributed by atoms with Crippen LogP contribution >= 0.6 is 23.2 Å². The number of benzene rings is 3. The van der Waals surface area contributed by atoms with Crippen molar-refractivity contribution >= 4 is 50.7 Å². The topological polar surface area (TPSA) is 96.0 Å². The van der Waals surface area contributed by atoms with Gasteiger partial charge in [0.15, 0.2) is 0 Å². The summed E-state index contributed by atoms with van der Waals surface area (Å²) >= 11 is 12.4. The van der Waals surface area contributed by atoms with Gasteiger partial charge in [0.25, 0.3) is 10.0 Å². The molecule has 0 unspecified atom stereocenters. The zero-order chi connectivity index (χ0) is 31.9. The first-order chi connectivity index (χ1) is 21.0. The number of carbonyl (C=O) groups excluding carboxylic acids is 2. The zero-order valence-corrected chi connectivity index (χ0v) is 27.6. The molecule has 0 saturated heterocycles. The molecule has 4 rings (SSSR count). The Kier molecular flexibility index (Phi) is 11.6. The number of hydrogen-bond donors (Lipinski definition) is 1. The number of anilines is 1. The fourth-order valence-electron chi connectivity index (χ4n) is 5.41. The fourth-order valence-corrected chi connectivity index (χ4v) is 7.15. The Morgan fingerprint density at radius 1 is 0.955 bits per heavy atom. The van der Waals surface area contributed by atoms with Crippen molar-refractivity contribution in [3.63, 3.8) is 0 Å². The minimum Gasteiger partial charge on any atom is -0.497 e. The molecule has 0 radical (unpaired) electrons. The molecular weight excluding hydrogens is 621 g/mol. The van der Waals surface area contributed by atoms with E-state index in [9.17, 15) is 18.0 Å². The average Bonchev–Trinajstić information content (AvgIpc) is 3.02. The Bertz CT molecular complexity index is 1540. The van der Waals surface area contributed by atoms with E-state index in [1.54, 1.807) is 54.6 Å². The van der Waals surface area contributed by atoms with Gasteiger partial charge in [-0.05, 0) is 80.3 Å². The van der Waals surface area contributed by atoms with Crippen LogP contribution in [0.2, 0.25) is 10.0 Å². The van der Waals surface area contributed by atoms with E-state index < -0.39 is 28.5 Å². The molecule has 236 valence electrons. The van der Waals surface area contributed by atoms with Crippen LogP contribution in [0, 0.1) is 6.92 Å². The van der Waals surface area contributed by atoms with Gasteiger partial charge in [0.2, 0.25) is 11.8 Å². The third-order valence-electron chi connectivity index (χ3n) is 7.92. The maximum absolute atomic E-state index is 14.3. The molecule has 0 spiro atoms. The Morgan fingerprint density at radius 2 is 1.61 bits per heavy atom. The van der Waals surface area contributed by atoms with Crippen molar-refractivity contribution in [2.45, 2.75) is 75.9 Å². The molecule has 2 amide bonds.